The van der Waals surface area contributed by atoms with Gasteiger partial charge >= 0.3 is 11.4 Å². The SMILES string of the molecule is C=CCCc1c(=O)[nH]c(C(=O)N2CCN(c3ccc(OC)c(OC)c3)CC2)c(OC)[n+]1[O-]. The number of allylic oxidation sites excluding steroid dienone is 1. The average Bonchev–Trinajstić information content (AvgIpc) is 2.82. The van der Waals surface area contributed by atoms with E-state index in [9.17, 15) is 14.8 Å². The van der Waals surface area contributed by atoms with Crippen LogP contribution in [0.5, 0.6) is 17.4 Å². The third-order valence-corrected chi connectivity index (χ3v) is 5.44. The number of nitrogens with zero attached hydrogens (tertiary/aromatic N) is 3. The topological polar surface area (TPSA) is 111 Å². The quantitative estimate of drug-likeness (QED) is 0.369. The fourth-order valence-corrected chi connectivity index (χ4v) is 3.69. The molecule has 0 aliphatic carbocycles. The van der Waals surface area contributed by atoms with Crippen LogP contribution in [0.2, 0.25) is 0 Å². The van der Waals surface area contributed by atoms with Crippen molar-refractivity contribution in [1.29, 1.82) is 0 Å². The van der Waals surface area contributed by atoms with Crippen LogP contribution in [-0.2, 0) is 6.42 Å². The second kappa shape index (κ2) is 10.1. The van der Waals surface area contributed by atoms with Crippen molar-refractivity contribution in [3.05, 3.63) is 57.8 Å². The Kier molecular flexibility index (Phi) is 7.24. The second-order valence-corrected chi connectivity index (χ2v) is 7.23. The maximum Gasteiger partial charge on any atom is 0.409 e. The van der Waals surface area contributed by atoms with Crippen molar-refractivity contribution >= 4 is 11.6 Å². The number of carbonyl (C=O) groups excluding carboxylic acids is 1. The predicted octanol–water partition coefficient (Wildman–Crippen LogP) is 1.12. The van der Waals surface area contributed by atoms with Crippen molar-refractivity contribution in [2.24, 2.45) is 0 Å². The van der Waals surface area contributed by atoms with E-state index in [1.807, 2.05) is 18.2 Å². The number of aromatic nitrogens is 2. The Labute approximate surface area is 186 Å². The van der Waals surface area contributed by atoms with Gasteiger partial charge in [0.1, 0.15) is 0 Å². The van der Waals surface area contributed by atoms with Crippen molar-refractivity contribution in [1.82, 2.24) is 9.88 Å². The zero-order chi connectivity index (χ0) is 23.3. The van der Waals surface area contributed by atoms with Crippen molar-refractivity contribution in [3.8, 4) is 17.4 Å². The van der Waals surface area contributed by atoms with E-state index in [0.29, 0.717) is 48.8 Å². The number of aromatic amines is 1. The van der Waals surface area contributed by atoms with Crippen molar-refractivity contribution in [2.75, 3.05) is 52.4 Å². The maximum atomic E-state index is 13.1. The number of hydrogen-bond donors (Lipinski definition) is 1. The number of H-pyrrole nitrogens is 1. The molecule has 0 bridgehead atoms. The van der Waals surface area contributed by atoms with Gasteiger partial charge < -0.3 is 34.2 Å². The number of rotatable bonds is 8. The molecule has 0 atom stereocenters. The maximum absolute atomic E-state index is 13.1. The third kappa shape index (κ3) is 4.48. The van der Waals surface area contributed by atoms with Crippen LogP contribution >= 0.6 is 0 Å². The van der Waals surface area contributed by atoms with Crippen molar-refractivity contribution < 1.29 is 23.7 Å². The zero-order valence-corrected chi connectivity index (χ0v) is 18.6. The highest BCUT2D eigenvalue weighted by Gasteiger charge is 2.31. The van der Waals surface area contributed by atoms with Crippen molar-refractivity contribution in [3.63, 3.8) is 0 Å². The Balaban J connectivity index is 1.77. The molecule has 1 aromatic heterocycles. The van der Waals surface area contributed by atoms with Gasteiger partial charge in [-0.3, -0.25) is 9.59 Å². The molecule has 1 fully saturated rings. The Morgan fingerprint density at radius 3 is 2.44 bits per heavy atom. The van der Waals surface area contributed by atoms with Crippen LogP contribution in [0.3, 0.4) is 0 Å². The summed E-state index contributed by atoms with van der Waals surface area (Å²) in [6.45, 7) is 5.57. The molecule has 1 amide bonds. The minimum absolute atomic E-state index is 0.0171. The van der Waals surface area contributed by atoms with Crippen LogP contribution in [0.1, 0.15) is 22.6 Å². The summed E-state index contributed by atoms with van der Waals surface area (Å²) in [5.74, 6) is 0.604. The van der Waals surface area contributed by atoms with E-state index in [2.05, 4.69) is 16.5 Å². The average molecular weight is 444 g/mol. The molecule has 172 valence electrons. The second-order valence-electron chi connectivity index (χ2n) is 7.23. The molecule has 1 aliphatic heterocycles. The highest BCUT2D eigenvalue weighted by atomic mass is 16.5. The van der Waals surface area contributed by atoms with Gasteiger partial charge in [-0.25, -0.2) is 0 Å². The van der Waals surface area contributed by atoms with E-state index in [4.69, 9.17) is 14.2 Å². The number of anilines is 1. The number of nitrogens with one attached hydrogen (secondary N) is 1. The molecule has 1 aromatic carbocycles. The highest BCUT2D eigenvalue weighted by Crippen LogP contribution is 2.32. The number of amides is 1. The third-order valence-electron chi connectivity index (χ3n) is 5.44. The van der Waals surface area contributed by atoms with E-state index in [1.54, 1.807) is 25.2 Å². The standard InChI is InChI=1S/C22H28N4O6/c1-5-6-7-16-20(27)23-19(22(32-4)26(16)29)21(28)25-12-10-24(11-13-25)15-8-9-17(30-2)18(14-15)31-3/h5,8-9,14H,1,6-7,10-13H2,2-4H3,(H,23,27). The first-order valence-electron chi connectivity index (χ1n) is 10.2. The molecule has 10 nitrogen and oxygen atoms in total. The van der Waals surface area contributed by atoms with Crippen LogP contribution in [0.4, 0.5) is 5.69 Å². The molecule has 32 heavy (non-hydrogen) atoms. The molecule has 0 spiro atoms. The number of ether oxygens (including phenoxy) is 3. The Bertz CT molecular complexity index is 1040. The van der Waals surface area contributed by atoms with Crippen LogP contribution in [0.15, 0.2) is 35.6 Å². The Morgan fingerprint density at radius 1 is 1.16 bits per heavy atom. The van der Waals surface area contributed by atoms with E-state index in [0.717, 1.165) is 5.69 Å². The van der Waals surface area contributed by atoms with Gasteiger partial charge in [-0.2, -0.15) is 0 Å². The summed E-state index contributed by atoms with van der Waals surface area (Å²) in [7, 11) is 4.46. The van der Waals surface area contributed by atoms with Crippen molar-refractivity contribution in [2.45, 2.75) is 12.8 Å². The predicted molar refractivity (Wildman–Crippen MR) is 119 cm³/mol. The first kappa shape index (κ1) is 23.0. The lowest BCUT2D eigenvalue weighted by atomic mass is 10.2. The largest absolute Gasteiger partial charge is 0.616 e. The fraction of sp³-hybridized carbons (Fsp3) is 0.409. The van der Waals surface area contributed by atoms with Gasteiger partial charge in [0.2, 0.25) is 5.69 Å². The summed E-state index contributed by atoms with van der Waals surface area (Å²) in [5, 5.41) is 12.6. The summed E-state index contributed by atoms with van der Waals surface area (Å²) < 4.78 is 16.2. The number of methoxy groups -OCH3 is 3. The van der Waals surface area contributed by atoms with Crippen LogP contribution in [0.25, 0.3) is 0 Å². The number of carbonyl (C=O) groups is 1. The van der Waals surface area contributed by atoms with Crippen LogP contribution < -0.4 is 29.4 Å². The van der Waals surface area contributed by atoms with E-state index in [1.165, 1.54) is 7.11 Å². The first-order valence-corrected chi connectivity index (χ1v) is 10.2. The number of piperazine rings is 1. The van der Waals surface area contributed by atoms with E-state index >= 15 is 0 Å². The number of benzene rings is 1. The molecule has 1 N–H and O–H groups in total. The lowest BCUT2D eigenvalue weighted by molar-refractivity contribution is -0.622. The lowest BCUT2D eigenvalue weighted by Gasteiger charge is -2.36. The van der Waals surface area contributed by atoms with Gasteiger partial charge in [-0.1, -0.05) is 6.08 Å². The van der Waals surface area contributed by atoms with Gasteiger partial charge in [0.15, 0.2) is 11.5 Å². The molecular formula is C22H28N4O6. The molecule has 1 saturated heterocycles. The summed E-state index contributed by atoms with van der Waals surface area (Å²) >= 11 is 0. The summed E-state index contributed by atoms with van der Waals surface area (Å²) in [6, 6.07) is 5.66. The lowest BCUT2D eigenvalue weighted by Crippen LogP contribution is -2.50. The summed E-state index contributed by atoms with van der Waals surface area (Å²) in [6.07, 6.45) is 2.28. The van der Waals surface area contributed by atoms with Crippen LogP contribution in [-0.4, -0.2) is 63.3 Å². The molecule has 2 heterocycles. The van der Waals surface area contributed by atoms with Gasteiger partial charge in [0.05, 0.1) is 21.3 Å². The summed E-state index contributed by atoms with van der Waals surface area (Å²) in [5.41, 5.74) is 0.186. The summed E-state index contributed by atoms with van der Waals surface area (Å²) in [4.78, 5) is 31.7. The molecule has 0 unspecified atom stereocenters. The minimum atomic E-state index is -0.602. The minimum Gasteiger partial charge on any atom is -0.616 e. The molecule has 0 radical (unpaired) electrons. The first-order chi connectivity index (χ1) is 15.4. The normalized spacial score (nSPS) is 13.6. The monoisotopic (exact) mass is 444 g/mol. The molecule has 1 aliphatic rings. The highest BCUT2D eigenvalue weighted by molar-refractivity contribution is 5.94. The van der Waals surface area contributed by atoms with Gasteiger partial charge in [-0.05, 0) is 18.6 Å². The Morgan fingerprint density at radius 2 is 1.84 bits per heavy atom. The zero-order valence-electron chi connectivity index (χ0n) is 18.6. The van der Waals surface area contributed by atoms with E-state index < -0.39 is 11.5 Å². The smallest absolute Gasteiger partial charge is 0.409 e. The fourth-order valence-electron chi connectivity index (χ4n) is 3.69. The van der Waals surface area contributed by atoms with Gasteiger partial charge in [0, 0.05) is 44.4 Å². The molecule has 10 heteroatoms. The molecule has 2 aromatic rings. The van der Waals surface area contributed by atoms with Crippen LogP contribution in [0, 0.1) is 5.21 Å². The molecular weight excluding hydrogens is 416 g/mol. The Hall–Kier alpha value is -3.69. The van der Waals surface area contributed by atoms with Gasteiger partial charge in [-0.15, -0.1) is 11.3 Å². The van der Waals surface area contributed by atoms with E-state index in [-0.39, 0.29) is 23.7 Å². The van der Waals surface area contributed by atoms with Gasteiger partial charge in [0.25, 0.3) is 11.6 Å². The molecule has 3 rings (SSSR count). The molecule has 0 saturated carbocycles. The number of hydrogen-bond acceptors (Lipinski definition) is 7.